The van der Waals surface area contributed by atoms with Crippen LogP contribution in [0.2, 0.25) is 0 Å². The molecule has 0 heterocycles. The summed E-state index contributed by atoms with van der Waals surface area (Å²) in [5.41, 5.74) is 2.11. The van der Waals surface area contributed by atoms with E-state index in [0.717, 1.165) is 17.8 Å². The first-order chi connectivity index (χ1) is 15.8. The Hall–Kier alpha value is -1.81. The van der Waals surface area contributed by atoms with E-state index in [9.17, 15) is 4.79 Å². The molecule has 0 aliphatic carbocycles. The molecule has 0 atom stereocenters. The summed E-state index contributed by atoms with van der Waals surface area (Å²) < 4.78 is 10.2. The number of hydrogen-bond donors (Lipinski definition) is 1. The van der Waals surface area contributed by atoms with E-state index in [2.05, 4.69) is 24.4 Å². The summed E-state index contributed by atoms with van der Waals surface area (Å²) in [5, 5.41) is 3.49. The normalized spacial score (nSPS) is 11.2. The molecular weight excluding hydrogens is 398 g/mol. The number of ether oxygens (including phenoxy) is 2. The van der Waals surface area contributed by atoms with Gasteiger partial charge in [-0.3, -0.25) is 0 Å². The quantitative estimate of drug-likeness (QED) is 0.119. The molecule has 0 aliphatic heterocycles. The standard InChI is InChI=1S/C28H47NO3/c1-3-5-6-7-8-9-10-11-12-13-14-15-16-23-29-27-20-17-26(18-21-27)19-22-28(30)32-25-24-31-4-2/h17-22,29H,3-16,23-25H2,1-2H3/b22-19+. The number of benzene rings is 1. The molecule has 0 aromatic heterocycles. The van der Waals surface area contributed by atoms with Crippen molar-refractivity contribution in [3.8, 4) is 0 Å². The van der Waals surface area contributed by atoms with Gasteiger partial charge in [-0.15, -0.1) is 0 Å². The summed E-state index contributed by atoms with van der Waals surface area (Å²) in [4.78, 5) is 11.6. The van der Waals surface area contributed by atoms with Crippen LogP contribution in [0.25, 0.3) is 6.08 Å². The smallest absolute Gasteiger partial charge is 0.330 e. The number of unbranched alkanes of at least 4 members (excludes halogenated alkanes) is 12. The van der Waals surface area contributed by atoms with Gasteiger partial charge in [0.2, 0.25) is 0 Å². The molecule has 1 N–H and O–H groups in total. The number of anilines is 1. The number of carbonyl (C=O) groups is 1. The first kappa shape index (κ1) is 28.2. The van der Waals surface area contributed by atoms with Crippen LogP contribution in [0, 0.1) is 0 Å². The number of nitrogens with one attached hydrogen (secondary N) is 1. The Morgan fingerprint density at radius 3 is 1.91 bits per heavy atom. The average molecular weight is 446 g/mol. The van der Waals surface area contributed by atoms with Crippen LogP contribution in [0.1, 0.15) is 103 Å². The summed E-state index contributed by atoms with van der Waals surface area (Å²) in [6.07, 6.45) is 21.2. The monoisotopic (exact) mass is 445 g/mol. The minimum atomic E-state index is -0.339. The highest BCUT2D eigenvalue weighted by Gasteiger charge is 1.98. The number of esters is 1. The van der Waals surface area contributed by atoms with Gasteiger partial charge in [0, 0.05) is 24.9 Å². The topological polar surface area (TPSA) is 47.6 Å². The molecule has 0 radical (unpaired) electrons. The van der Waals surface area contributed by atoms with Crippen molar-refractivity contribution in [2.24, 2.45) is 0 Å². The van der Waals surface area contributed by atoms with Crippen molar-refractivity contribution < 1.29 is 14.3 Å². The Morgan fingerprint density at radius 2 is 1.34 bits per heavy atom. The maximum atomic E-state index is 11.6. The van der Waals surface area contributed by atoms with Crippen LogP contribution in [0.15, 0.2) is 30.3 Å². The molecule has 0 amide bonds. The van der Waals surface area contributed by atoms with E-state index in [0.29, 0.717) is 19.8 Å². The minimum absolute atomic E-state index is 0.291. The second-order valence-corrected chi connectivity index (χ2v) is 8.49. The van der Waals surface area contributed by atoms with Crippen LogP contribution in [0.5, 0.6) is 0 Å². The molecule has 0 unspecified atom stereocenters. The van der Waals surface area contributed by atoms with Crippen molar-refractivity contribution in [2.45, 2.75) is 97.3 Å². The molecule has 4 heteroatoms. The summed E-state index contributed by atoms with van der Waals surface area (Å²) in [7, 11) is 0. The molecule has 0 fully saturated rings. The minimum Gasteiger partial charge on any atom is -0.460 e. The zero-order valence-corrected chi connectivity index (χ0v) is 20.7. The van der Waals surface area contributed by atoms with E-state index < -0.39 is 0 Å². The van der Waals surface area contributed by atoms with E-state index in [1.807, 2.05) is 19.1 Å². The van der Waals surface area contributed by atoms with Gasteiger partial charge in [-0.2, -0.15) is 0 Å². The number of carbonyl (C=O) groups excluding carboxylic acids is 1. The summed E-state index contributed by atoms with van der Waals surface area (Å²) >= 11 is 0. The van der Waals surface area contributed by atoms with Gasteiger partial charge in [-0.25, -0.2) is 4.79 Å². The van der Waals surface area contributed by atoms with Crippen molar-refractivity contribution in [3.05, 3.63) is 35.9 Å². The molecule has 1 aromatic carbocycles. The Balaban J connectivity index is 1.98. The van der Waals surface area contributed by atoms with Crippen molar-refractivity contribution >= 4 is 17.7 Å². The predicted molar refractivity (Wildman–Crippen MR) is 137 cm³/mol. The molecule has 0 saturated heterocycles. The number of hydrogen-bond acceptors (Lipinski definition) is 4. The molecule has 0 saturated carbocycles. The van der Waals surface area contributed by atoms with Crippen LogP contribution in [0.4, 0.5) is 5.69 Å². The Kier molecular flexibility index (Phi) is 18.6. The average Bonchev–Trinajstić information content (AvgIpc) is 2.81. The van der Waals surface area contributed by atoms with Gasteiger partial charge in [-0.05, 0) is 37.1 Å². The summed E-state index contributed by atoms with van der Waals surface area (Å²) in [5.74, 6) is -0.339. The molecule has 0 spiro atoms. The van der Waals surface area contributed by atoms with Crippen LogP contribution in [-0.2, 0) is 14.3 Å². The first-order valence-electron chi connectivity index (χ1n) is 13.0. The van der Waals surface area contributed by atoms with E-state index in [4.69, 9.17) is 9.47 Å². The molecular formula is C28H47NO3. The number of rotatable bonds is 21. The van der Waals surface area contributed by atoms with Crippen molar-refractivity contribution in [2.75, 3.05) is 31.7 Å². The van der Waals surface area contributed by atoms with E-state index in [-0.39, 0.29) is 5.97 Å². The van der Waals surface area contributed by atoms with E-state index in [1.54, 1.807) is 6.08 Å². The first-order valence-corrected chi connectivity index (χ1v) is 13.0. The Bertz CT molecular complexity index is 583. The fraction of sp³-hybridized carbons (Fsp3) is 0.679. The lowest BCUT2D eigenvalue weighted by Gasteiger charge is -2.07. The lowest BCUT2D eigenvalue weighted by molar-refractivity contribution is -0.139. The highest BCUT2D eigenvalue weighted by atomic mass is 16.6. The van der Waals surface area contributed by atoms with Crippen LogP contribution in [-0.4, -0.2) is 32.3 Å². The fourth-order valence-corrected chi connectivity index (χ4v) is 3.65. The lowest BCUT2D eigenvalue weighted by Crippen LogP contribution is -2.08. The highest BCUT2D eigenvalue weighted by molar-refractivity contribution is 5.87. The van der Waals surface area contributed by atoms with Crippen LogP contribution >= 0.6 is 0 Å². The lowest BCUT2D eigenvalue weighted by atomic mass is 10.0. The largest absolute Gasteiger partial charge is 0.460 e. The predicted octanol–water partition coefficient (Wildman–Crippen LogP) is 7.78. The second kappa shape index (κ2) is 21.1. The van der Waals surface area contributed by atoms with Gasteiger partial charge in [0.1, 0.15) is 6.61 Å². The zero-order valence-electron chi connectivity index (χ0n) is 20.7. The SMILES string of the molecule is CCCCCCCCCCCCCCCNc1ccc(/C=C/C(=O)OCCOCC)cc1. The summed E-state index contributed by atoms with van der Waals surface area (Å²) in [6, 6.07) is 8.14. The third-order valence-electron chi connectivity index (χ3n) is 5.61. The summed E-state index contributed by atoms with van der Waals surface area (Å²) in [6.45, 7) is 6.57. The van der Waals surface area contributed by atoms with Crippen molar-refractivity contribution in [1.29, 1.82) is 0 Å². The second-order valence-electron chi connectivity index (χ2n) is 8.49. The molecule has 1 aromatic rings. The Morgan fingerprint density at radius 1 is 0.781 bits per heavy atom. The van der Waals surface area contributed by atoms with Gasteiger partial charge < -0.3 is 14.8 Å². The van der Waals surface area contributed by atoms with Crippen LogP contribution in [0.3, 0.4) is 0 Å². The molecule has 1 rings (SSSR count). The fourth-order valence-electron chi connectivity index (χ4n) is 3.65. The van der Waals surface area contributed by atoms with Gasteiger partial charge in [0.05, 0.1) is 6.61 Å². The maximum Gasteiger partial charge on any atom is 0.330 e. The van der Waals surface area contributed by atoms with E-state index in [1.165, 1.54) is 89.5 Å². The zero-order chi connectivity index (χ0) is 23.1. The van der Waals surface area contributed by atoms with Crippen molar-refractivity contribution in [3.63, 3.8) is 0 Å². The van der Waals surface area contributed by atoms with Gasteiger partial charge in [-0.1, -0.05) is 96.1 Å². The van der Waals surface area contributed by atoms with Gasteiger partial charge in [0.15, 0.2) is 0 Å². The Labute approximate surface area is 197 Å². The highest BCUT2D eigenvalue weighted by Crippen LogP contribution is 2.14. The van der Waals surface area contributed by atoms with Crippen LogP contribution < -0.4 is 5.32 Å². The van der Waals surface area contributed by atoms with E-state index >= 15 is 0 Å². The van der Waals surface area contributed by atoms with Gasteiger partial charge in [0.25, 0.3) is 0 Å². The van der Waals surface area contributed by atoms with Gasteiger partial charge >= 0.3 is 5.97 Å². The molecule has 4 nitrogen and oxygen atoms in total. The molecule has 32 heavy (non-hydrogen) atoms. The molecule has 182 valence electrons. The third-order valence-corrected chi connectivity index (χ3v) is 5.61. The molecule has 0 bridgehead atoms. The maximum absolute atomic E-state index is 11.6. The van der Waals surface area contributed by atoms with Crippen molar-refractivity contribution in [1.82, 2.24) is 0 Å². The molecule has 0 aliphatic rings. The third kappa shape index (κ3) is 16.8.